The van der Waals surface area contributed by atoms with Gasteiger partial charge in [0.25, 0.3) is 5.91 Å². The molecule has 144 valence electrons. The van der Waals surface area contributed by atoms with E-state index in [2.05, 4.69) is 45.0 Å². The third kappa shape index (κ3) is 4.33. The smallest absolute Gasteiger partial charge is 0.253 e. The molecule has 2 aromatic rings. The second-order valence-corrected chi connectivity index (χ2v) is 8.07. The van der Waals surface area contributed by atoms with Crippen LogP contribution in [0.5, 0.6) is 5.75 Å². The van der Waals surface area contributed by atoms with Crippen LogP contribution >= 0.6 is 0 Å². The molecule has 4 nitrogen and oxygen atoms in total. The summed E-state index contributed by atoms with van der Waals surface area (Å²) in [5.74, 6) is 1.31. The maximum Gasteiger partial charge on any atom is 0.253 e. The van der Waals surface area contributed by atoms with Crippen molar-refractivity contribution >= 4 is 5.91 Å². The molecule has 27 heavy (non-hydrogen) atoms. The molecule has 0 saturated carbocycles. The fraction of sp³-hybridized carbons (Fsp3) is 0.435. The van der Waals surface area contributed by atoms with Crippen molar-refractivity contribution in [1.82, 2.24) is 4.90 Å². The SMILES string of the molecule is CC(C)c1ccc(CC2(C)Cc3cc(C(=O)N(C)CCO)ccc3O2)cc1. The van der Waals surface area contributed by atoms with Gasteiger partial charge in [0, 0.05) is 32.0 Å². The second-order valence-electron chi connectivity index (χ2n) is 8.07. The lowest BCUT2D eigenvalue weighted by molar-refractivity contribution is 0.0767. The number of ether oxygens (including phenoxy) is 1. The van der Waals surface area contributed by atoms with E-state index < -0.39 is 0 Å². The lowest BCUT2D eigenvalue weighted by atomic mass is 9.90. The van der Waals surface area contributed by atoms with Gasteiger partial charge in [-0.05, 0) is 47.7 Å². The number of amides is 1. The molecule has 1 amide bonds. The monoisotopic (exact) mass is 367 g/mol. The highest BCUT2D eigenvalue weighted by atomic mass is 16.5. The molecule has 0 aliphatic carbocycles. The highest BCUT2D eigenvalue weighted by molar-refractivity contribution is 5.94. The summed E-state index contributed by atoms with van der Waals surface area (Å²) in [4.78, 5) is 14.0. The van der Waals surface area contributed by atoms with Crippen molar-refractivity contribution in [1.29, 1.82) is 0 Å². The number of fused-ring (bicyclic) bond motifs is 1. The van der Waals surface area contributed by atoms with Gasteiger partial charge in [0.05, 0.1) is 6.61 Å². The fourth-order valence-electron chi connectivity index (χ4n) is 3.68. The topological polar surface area (TPSA) is 49.8 Å². The Morgan fingerprint density at radius 2 is 1.93 bits per heavy atom. The standard InChI is InChI=1S/C23H29NO3/c1-16(2)18-7-5-17(6-8-18)14-23(3)15-20-13-19(9-10-21(20)27-23)22(26)24(4)11-12-25/h5-10,13,16,25H,11-12,14-15H2,1-4H3. The minimum atomic E-state index is -0.305. The van der Waals surface area contributed by atoms with Gasteiger partial charge in [0.1, 0.15) is 11.4 Å². The summed E-state index contributed by atoms with van der Waals surface area (Å²) in [6.45, 7) is 6.82. The first-order valence-corrected chi connectivity index (χ1v) is 9.58. The molecule has 3 rings (SSSR count). The summed E-state index contributed by atoms with van der Waals surface area (Å²) in [6, 6.07) is 14.4. The van der Waals surface area contributed by atoms with Crippen LogP contribution in [0.2, 0.25) is 0 Å². The Bertz CT molecular complexity index is 813. The van der Waals surface area contributed by atoms with E-state index in [1.54, 1.807) is 13.1 Å². The molecular formula is C23H29NO3. The van der Waals surface area contributed by atoms with Crippen LogP contribution in [0, 0.1) is 0 Å². The van der Waals surface area contributed by atoms with Crippen LogP contribution in [0.1, 0.15) is 53.7 Å². The first kappa shape index (κ1) is 19.4. The van der Waals surface area contributed by atoms with E-state index in [-0.39, 0.29) is 18.1 Å². The summed E-state index contributed by atoms with van der Waals surface area (Å²) in [7, 11) is 1.70. The Kier molecular flexibility index (Phi) is 5.56. The lowest BCUT2D eigenvalue weighted by Crippen LogP contribution is -2.32. The zero-order chi connectivity index (χ0) is 19.6. The van der Waals surface area contributed by atoms with E-state index in [1.807, 2.05) is 12.1 Å². The van der Waals surface area contributed by atoms with Crippen molar-refractivity contribution in [2.45, 2.75) is 45.1 Å². The van der Waals surface area contributed by atoms with Crippen molar-refractivity contribution in [3.8, 4) is 5.75 Å². The molecular weight excluding hydrogens is 338 g/mol. The number of nitrogens with zero attached hydrogens (tertiary/aromatic N) is 1. The molecule has 1 aliphatic heterocycles. The Labute approximate surface area is 161 Å². The van der Waals surface area contributed by atoms with Crippen LogP contribution in [0.3, 0.4) is 0 Å². The first-order chi connectivity index (χ1) is 12.8. The lowest BCUT2D eigenvalue weighted by Gasteiger charge is -2.24. The zero-order valence-corrected chi connectivity index (χ0v) is 16.7. The number of benzene rings is 2. The number of rotatable bonds is 6. The van der Waals surface area contributed by atoms with E-state index in [9.17, 15) is 4.79 Å². The van der Waals surface area contributed by atoms with Gasteiger partial charge in [0.15, 0.2) is 0 Å². The molecule has 0 bridgehead atoms. The van der Waals surface area contributed by atoms with E-state index in [1.165, 1.54) is 16.0 Å². The van der Waals surface area contributed by atoms with Crippen molar-refractivity contribution < 1.29 is 14.6 Å². The molecule has 1 aliphatic rings. The average Bonchev–Trinajstić information content (AvgIpc) is 2.96. The van der Waals surface area contributed by atoms with E-state index in [0.29, 0.717) is 18.0 Å². The van der Waals surface area contributed by atoms with Crippen LogP contribution in [0.4, 0.5) is 0 Å². The van der Waals surface area contributed by atoms with Crippen LogP contribution < -0.4 is 4.74 Å². The van der Waals surface area contributed by atoms with Gasteiger partial charge < -0.3 is 14.7 Å². The molecule has 1 unspecified atom stereocenters. The number of hydrogen-bond acceptors (Lipinski definition) is 3. The zero-order valence-electron chi connectivity index (χ0n) is 16.7. The number of aliphatic hydroxyl groups excluding tert-OH is 1. The maximum absolute atomic E-state index is 12.4. The summed E-state index contributed by atoms with van der Waals surface area (Å²) in [5.41, 5.74) is 4.00. The normalized spacial score (nSPS) is 18.3. The summed E-state index contributed by atoms with van der Waals surface area (Å²) < 4.78 is 6.25. The minimum Gasteiger partial charge on any atom is -0.487 e. The minimum absolute atomic E-state index is 0.0377. The molecule has 1 atom stereocenters. The van der Waals surface area contributed by atoms with E-state index in [4.69, 9.17) is 9.84 Å². The predicted octanol–water partition coefficient (Wildman–Crippen LogP) is 3.81. The molecule has 1 heterocycles. The molecule has 0 saturated heterocycles. The van der Waals surface area contributed by atoms with Gasteiger partial charge in [-0.15, -0.1) is 0 Å². The number of aliphatic hydroxyl groups is 1. The summed E-state index contributed by atoms with van der Waals surface area (Å²) >= 11 is 0. The summed E-state index contributed by atoms with van der Waals surface area (Å²) in [5, 5.41) is 9.03. The average molecular weight is 367 g/mol. The molecule has 2 aromatic carbocycles. The molecule has 4 heteroatoms. The Hall–Kier alpha value is -2.33. The van der Waals surface area contributed by atoms with Crippen molar-refractivity contribution in [3.63, 3.8) is 0 Å². The third-order valence-corrected chi connectivity index (χ3v) is 5.23. The van der Waals surface area contributed by atoms with Gasteiger partial charge >= 0.3 is 0 Å². The van der Waals surface area contributed by atoms with Crippen molar-refractivity contribution in [2.24, 2.45) is 0 Å². The molecule has 0 spiro atoms. The number of carbonyl (C=O) groups excluding carboxylic acids is 1. The van der Waals surface area contributed by atoms with E-state index in [0.717, 1.165) is 24.2 Å². The largest absolute Gasteiger partial charge is 0.487 e. The predicted molar refractivity (Wildman–Crippen MR) is 107 cm³/mol. The summed E-state index contributed by atoms with van der Waals surface area (Å²) in [6.07, 6.45) is 1.60. The van der Waals surface area contributed by atoms with E-state index >= 15 is 0 Å². The fourth-order valence-corrected chi connectivity index (χ4v) is 3.68. The van der Waals surface area contributed by atoms with Gasteiger partial charge in [0.2, 0.25) is 0 Å². The molecule has 0 radical (unpaired) electrons. The van der Waals surface area contributed by atoms with Crippen molar-refractivity contribution in [2.75, 3.05) is 20.2 Å². The molecule has 0 aromatic heterocycles. The Morgan fingerprint density at radius 3 is 2.56 bits per heavy atom. The maximum atomic E-state index is 12.4. The van der Waals surface area contributed by atoms with Gasteiger partial charge in [-0.1, -0.05) is 38.1 Å². The third-order valence-electron chi connectivity index (χ3n) is 5.23. The first-order valence-electron chi connectivity index (χ1n) is 9.58. The highest BCUT2D eigenvalue weighted by Gasteiger charge is 2.35. The van der Waals surface area contributed by atoms with Crippen LogP contribution in [-0.2, 0) is 12.8 Å². The van der Waals surface area contributed by atoms with Gasteiger partial charge in [-0.2, -0.15) is 0 Å². The van der Waals surface area contributed by atoms with Crippen LogP contribution in [-0.4, -0.2) is 41.7 Å². The van der Waals surface area contributed by atoms with Crippen molar-refractivity contribution in [3.05, 3.63) is 64.7 Å². The van der Waals surface area contributed by atoms with Crippen LogP contribution in [0.15, 0.2) is 42.5 Å². The molecule has 1 N–H and O–H groups in total. The number of hydrogen-bond donors (Lipinski definition) is 1. The number of likely N-dealkylation sites (N-methyl/N-ethyl adjacent to an activating group) is 1. The quantitative estimate of drug-likeness (QED) is 0.845. The van der Waals surface area contributed by atoms with Gasteiger partial charge in [-0.3, -0.25) is 4.79 Å². The van der Waals surface area contributed by atoms with Crippen LogP contribution in [0.25, 0.3) is 0 Å². The number of carbonyl (C=O) groups is 1. The Morgan fingerprint density at radius 1 is 1.22 bits per heavy atom. The second kappa shape index (κ2) is 7.73. The highest BCUT2D eigenvalue weighted by Crippen LogP contribution is 2.37. The van der Waals surface area contributed by atoms with Gasteiger partial charge in [-0.25, -0.2) is 0 Å². The Balaban J connectivity index is 1.73. The molecule has 0 fully saturated rings.